The average molecular weight is 315 g/mol. The molecule has 2 aromatic rings. The molecule has 0 aromatic heterocycles. The molecule has 0 saturated heterocycles. The van der Waals surface area contributed by atoms with E-state index in [1.54, 1.807) is 18.2 Å². The molecule has 0 aliphatic heterocycles. The fraction of sp³-hybridized carbons (Fsp3) is 0.0769. The summed E-state index contributed by atoms with van der Waals surface area (Å²) in [6.45, 7) is -0.104. The molecular formula is C13H9BrF2O2. The molecule has 0 aliphatic carbocycles. The Balaban J connectivity index is 2.31. The SMILES string of the molecule is OCc1ccc(Oc2cc(F)ccc2F)c(Br)c1. The van der Waals surface area contributed by atoms with Crippen molar-refractivity contribution in [2.75, 3.05) is 0 Å². The van der Waals surface area contributed by atoms with Crippen molar-refractivity contribution in [3.05, 3.63) is 58.1 Å². The van der Waals surface area contributed by atoms with Gasteiger partial charge in [0.2, 0.25) is 0 Å². The minimum absolute atomic E-state index is 0.104. The monoisotopic (exact) mass is 314 g/mol. The van der Waals surface area contributed by atoms with E-state index in [1.807, 2.05) is 0 Å². The lowest BCUT2D eigenvalue weighted by Gasteiger charge is -2.09. The number of aliphatic hydroxyl groups is 1. The van der Waals surface area contributed by atoms with Crippen molar-refractivity contribution >= 4 is 15.9 Å². The van der Waals surface area contributed by atoms with E-state index in [0.717, 1.165) is 18.2 Å². The Kier molecular flexibility index (Phi) is 3.93. The van der Waals surface area contributed by atoms with Gasteiger partial charge in [0.05, 0.1) is 11.1 Å². The number of halogens is 3. The molecule has 0 amide bonds. The molecular weight excluding hydrogens is 306 g/mol. The lowest BCUT2D eigenvalue weighted by Crippen LogP contribution is -1.91. The number of hydrogen-bond acceptors (Lipinski definition) is 2. The van der Waals surface area contributed by atoms with Crippen LogP contribution in [0.3, 0.4) is 0 Å². The molecule has 1 N–H and O–H groups in total. The standard InChI is InChI=1S/C13H9BrF2O2/c14-10-5-8(7-17)1-4-12(10)18-13-6-9(15)2-3-11(13)16/h1-6,17H,7H2. The number of rotatable bonds is 3. The molecule has 2 nitrogen and oxygen atoms in total. The second-order valence-electron chi connectivity index (χ2n) is 3.60. The molecule has 0 heterocycles. The number of hydrogen-bond donors (Lipinski definition) is 1. The minimum atomic E-state index is -0.644. The maximum atomic E-state index is 13.4. The third kappa shape index (κ3) is 2.86. The molecule has 0 atom stereocenters. The van der Waals surface area contributed by atoms with Crippen LogP contribution in [0.4, 0.5) is 8.78 Å². The van der Waals surface area contributed by atoms with E-state index < -0.39 is 11.6 Å². The largest absolute Gasteiger partial charge is 0.453 e. The molecule has 0 spiro atoms. The van der Waals surface area contributed by atoms with E-state index >= 15 is 0 Å². The van der Waals surface area contributed by atoms with Crippen molar-refractivity contribution in [1.82, 2.24) is 0 Å². The van der Waals surface area contributed by atoms with Gasteiger partial charge in [-0.1, -0.05) is 6.07 Å². The molecule has 2 rings (SSSR count). The molecule has 0 fully saturated rings. The first-order chi connectivity index (χ1) is 8.60. The smallest absolute Gasteiger partial charge is 0.166 e. The van der Waals surface area contributed by atoms with Gasteiger partial charge in [-0.2, -0.15) is 0 Å². The van der Waals surface area contributed by atoms with Gasteiger partial charge in [0, 0.05) is 6.07 Å². The maximum Gasteiger partial charge on any atom is 0.166 e. The molecule has 0 unspecified atom stereocenters. The summed E-state index contributed by atoms with van der Waals surface area (Å²) in [5.74, 6) is -1.06. The number of ether oxygens (including phenoxy) is 1. The topological polar surface area (TPSA) is 29.5 Å². The van der Waals surface area contributed by atoms with Crippen molar-refractivity contribution in [3.8, 4) is 11.5 Å². The van der Waals surface area contributed by atoms with E-state index in [9.17, 15) is 8.78 Å². The summed E-state index contributed by atoms with van der Waals surface area (Å²) < 4.78 is 32.2. The van der Waals surface area contributed by atoms with Crippen molar-refractivity contribution in [2.45, 2.75) is 6.61 Å². The zero-order chi connectivity index (χ0) is 13.1. The van der Waals surface area contributed by atoms with Crippen LogP contribution < -0.4 is 4.74 Å². The van der Waals surface area contributed by atoms with E-state index in [0.29, 0.717) is 15.8 Å². The summed E-state index contributed by atoms with van der Waals surface area (Å²) in [7, 11) is 0. The molecule has 0 aliphatic rings. The van der Waals surface area contributed by atoms with Crippen molar-refractivity contribution in [3.63, 3.8) is 0 Å². The second kappa shape index (κ2) is 5.46. The van der Waals surface area contributed by atoms with E-state index in [2.05, 4.69) is 15.9 Å². The third-order valence-electron chi connectivity index (χ3n) is 2.29. The highest BCUT2D eigenvalue weighted by atomic mass is 79.9. The van der Waals surface area contributed by atoms with Crippen molar-refractivity contribution < 1.29 is 18.6 Å². The number of benzene rings is 2. The van der Waals surface area contributed by atoms with Gasteiger partial charge in [0.25, 0.3) is 0 Å². The summed E-state index contributed by atoms with van der Waals surface area (Å²) in [6, 6.07) is 7.85. The molecule has 5 heteroatoms. The fourth-order valence-electron chi connectivity index (χ4n) is 1.40. The molecule has 0 radical (unpaired) electrons. The zero-order valence-electron chi connectivity index (χ0n) is 9.16. The van der Waals surface area contributed by atoms with Gasteiger partial charge < -0.3 is 9.84 Å². The van der Waals surface area contributed by atoms with Crippen LogP contribution in [0.15, 0.2) is 40.9 Å². The first-order valence-corrected chi connectivity index (χ1v) is 5.91. The molecule has 2 aromatic carbocycles. The Labute approximate surface area is 111 Å². The summed E-state index contributed by atoms with van der Waals surface area (Å²) in [6.07, 6.45) is 0. The lowest BCUT2D eigenvalue weighted by molar-refractivity contribution is 0.281. The highest BCUT2D eigenvalue weighted by molar-refractivity contribution is 9.10. The van der Waals surface area contributed by atoms with Crippen molar-refractivity contribution in [1.29, 1.82) is 0 Å². The van der Waals surface area contributed by atoms with Crippen LogP contribution in [-0.2, 0) is 6.61 Å². The predicted molar refractivity (Wildman–Crippen MR) is 66.5 cm³/mol. The summed E-state index contributed by atoms with van der Waals surface area (Å²) >= 11 is 3.24. The number of aliphatic hydroxyl groups excluding tert-OH is 1. The Morgan fingerprint density at radius 2 is 1.83 bits per heavy atom. The van der Waals surface area contributed by atoms with Crippen LogP contribution in [0.2, 0.25) is 0 Å². The Morgan fingerprint density at radius 1 is 1.06 bits per heavy atom. The van der Waals surface area contributed by atoms with Gasteiger partial charge >= 0.3 is 0 Å². The van der Waals surface area contributed by atoms with Gasteiger partial charge in [0.1, 0.15) is 11.6 Å². The van der Waals surface area contributed by atoms with E-state index in [4.69, 9.17) is 9.84 Å². The summed E-state index contributed by atoms with van der Waals surface area (Å²) in [4.78, 5) is 0. The van der Waals surface area contributed by atoms with Gasteiger partial charge in [-0.05, 0) is 45.8 Å². The van der Waals surface area contributed by atoms with Crippen LogP contribution in [0, 0.1) is 11.6 Å². The van der Waals surface area contributed by atoms with E-state index in [1.165, 1.54) is 0 Å². The highest BCUT2D eigenvalue weighted by Crippen LogP contribution is 2.32. The van der Waals surface area contributed by atoms with Crippen molar-refractivity contribution in [2.24, 2.45) is 0 Å². The van der Waals surface area contributed by atoms with Gasteiger partial charge in [0.15, 0.2) is 11.6 Å². The summed E-state index contributed by atoms with van der Waals surface area (Å²) in [5.41, 5.74) is 0.689. The normalized spacial score (nSPS) is 10.4. The van der Waals surface area contributed by atoms with Crippen LogP contribution in [0.1, 0.15) is 5.56 Å². The fourth-order valence-corrected chi connectivity index (χ4v) is 1.91. The van der Waals surface area contributed by atoms with Gasteiger partial charge in [-0.25, -0.2) is 8.78 Å². The van der Waals surface area contributed by atoms with Crippen LogP contribution >= 0.6 is 15.9 Å². The Morgan fingerprint density at radius 3 is 2.50 bits per heavy atom. The van der Waals surface area contributed by atoms with Crippen LogP contribution in [-0.4, -0.2) is 5.11 Å². The van der Waals surface area contributed by atoms with Gasteiger partial charge in [-0.3, -0.25) is 0 Å². The predicted octanol–water partition coefficient (Wildman–Crippen LogP) is 4.01. The van der Waals surface area contributed by atoms with E-state index in [-0.39, 0.29) is 12.4 Å². The van der Waals surface area contributed by atoms with Gasteiger partial charge in [-0.15, -0.1) is 0 Å². The zero-order valence-corrected chi connectivity index (χ0v) is 10.7. The quantitative estimate of drug-likeness (QED) is 0.927. The van der Waals surface area contributed by atoms with Crippen LogP contribution in [0.5, 0.6) is 11.5 Å². The maximum absolute atomic E-state index is 13.4. The first kappa shape index (κ1) is 13.0. The highest BCUT2D eigenvalue weighted by Gasteiger charge is 2.09. The summed E-state index contributed by atoms with van der Waals surface area (Å²) in [5, 5.41) is 8.95. The van der Waals surface area contributed by atoms with Crippen LogP contribution in [0.25, 0.3) is 0 Å². The third-order valence-corrected chi connectivity index (χ3v) is 2.91. The Hall–Kier alpha value is -1.46. The molecule has 0 bridgehead atoms. The second-order valence-corrected chi connectivity index (χ2v) is 4.45. The minimum Gasteiger partial charge on any atom is -0.453 e. The average Bonchev–Trinajstić information content (AvgIpc) is 2.36. The molecule has 0 saturated carbocycles. The lowest BCUT2D eigenvalue weighted by atomic mass is 10.2. The Bertz CT molecular complexity index is 573. The molecule has 94 valence electrons. The first-order valence-electron chi connectivity index (χ1n) is 5.12. The molecule has 18 heavy (non-hydrogen) atoms.